The molecule has 0 aromatic heterocycles. The van der Waals surface area contributed by atoms with Gasteiger partial charge in [-0.05, 0) is 37.6 Å². The van der Waals surface area contributed by atoms with Crippen LogP contribution in [0.5, 0.6) is 5.75 Å². The van der Waals surface area contributed by atoms with E-state index in [0.29, 0.717) is 18.0 Å². The molecule has 2 aromatic carbocycles. The van der Waals surface area contributed by atoms with Gasteiger partial charge in [-0.15, -0.1) is 0 Å². The van der Waals surface area contributed by atoms with E-state index in [1.165, 1.54) is 0 Å². The highest BCUT2D eigenvalue weighted by molar-refractivity contribution is 5.94. The monoisotopic (exact) mass is 393 g/mol. The van der Waals surface area contributed by atoms with Crippen molar-refractivity contribution in [2.75, 3.05) is 38.6 Å². The van der Waals surface area contributed by atoms with Crippen LogP contribution in [0.15, 0.2) is 54.6 Å². The van der Waals surface area contributed by atoms with Gasteiger partial charge in [0, 0.05) is 37.3 Å². The molecule has 2 amide bonds. The van der Waals surface area contributed by atoms with Crippen LogP contribution in [0.1, 0.15) is 24.4 Å². The fourth-order valence-electron chi connectivity index (χ4n) is 3.66. The van der Waals surface area contributed by atoms with Crippen molar-refractivity contribution in [2.24, 2.45) is 5.92 Å². The van der Waals surface area contributed by atoms with Crippen LogP contribution >= 0.6 is 0 Å². The highest BCUT2D eigenvalue weighted by Gasteiger charge is 2.31. The lowest BCUT2D eigenvalue weighted by Crippen LogP contribution is -2.50. The normalized spacial score (nSPS) is 19.6. The molecule has 0 bridgehead atoms. The second-order valence-corrected chi connectivity index (χ2v) is 7.86. The van der Waals surface area contributed by atoms with Crippen molar-refractivity contribution >= 4 is 17.5 Å². The summed E-state index contributed by atoms with van der Waals surface area (Å²) in [5, 5.41) is 2.91. The van der Waals surface area contributed by atoms with Crippen molar-refractivity contribution in [1.82, 2.24) is 9.80 Å². The van der Waals surface area contributed by atoms with Crippen LogP contribution in [0.3, 0.4) is 0 Å². The average molecular weight is 393 g/mol. The van der Waals surface area contributed by atoms with Crippen LogP contribution in [-0.4, -0.2) is 54.9 Å². The number of hydrogen-bond acceptors (Lipinski definition) is 4. The Morgan fingerprint density at radius 1 is 1.07 bits per heavy atom. The molecule has 2 aromatic rings. The summed E-state index contributed by atoms with van der Waals surface area (Å²) in [6.45, 7) is 2.30. The zero-order chi connectivity index (χ0) is 20.2. The quantitative estimate of drug-likeness (QED) is 0.820. The highest BCUT2D eigenvalue weighted by Crippen LogP contribution is 2.30. The van der Waals surface area contributed by atoms with Gasteiger partial charge in [-0.1, -0.05) is 36.4 Å². The molecule has 2 aliphatic rings. The summed E-state index contributed by atoms with van der Waals surface area (Å²) in [4.78, 5) is 29.0. The number of likely N-dealkylation sites (N-methyl/N-ethyl adjacent to an activating group) is 1. The Morgan fingerprint density at radius 3 is 2.62 bits per heavy atom. The van der Waals surface area contributed by atoms with Gasteiger partial charge in [0.05, 0.1) is 6.04 Å². The number of ether oxygens (including phenoxy) is 1. The maximum atomic E-state index is 12.9. The number of benzene rings is 2. The van der Waals surface area contributed by atoms with E-state index in [2.05, 4.69) is 29.4 Å². The fourth-order valence-corrected chi connectivity index (χ4v) is 3.66. The lowest BCUT2D eigenvalue weighted by atomic mass is 10.0. The molecule has 6 nitrogen and oxygen atoms in total. The molecule has 0 spiro atoms. The van der Waals surface area contributed by atoms with Gasteiger partial charge in [-0.2, -0.15) is 0 Å². The zero-order valence-corrected chi connectivity index (χ0v) is 16.7. The van der Waals surface area contributed by atoms with Crippen molar-refractivity contribution in [3.05, 3.63) is 60.2 Å². The Kier molecular flexibility index (Phi) is 5.81. The third kappa shape index (κ3) is 4.95. The first-order chi connectivity index (χ1) is 14.1. The van der Waals surface area contributed by atoms with Crippen molar-refractivity contribution in [2.45, 2.75) is 18.9 Å². The van der Waals surface area contributed by atoms with E-state index in [1.54, 1.807) is 12.1 Å². The minimum absolute atomic E-state index is 0.0208. The summed E-state index contributed by atoms with van der Waals surface area (Å²) in [5.41, 5.74) is 1.84. The molecule has 0 radical (unpaired) electrons. The molecule has 1 aliphatic heterocycles. The first kappa shape index (κ1) is 19.5. The lowest BCUT2D eigenvalue weighted by Gasteiger charge is -2.40. The number of amides is 2. The second kappa shape index (κ2) is 8.66. The van der Waals surface area contributed by atoms with Gasteiger partial charge in [-0.25, -0.2) is 0 Å². The number of rotatable bonds is 6. The summed E-state index contributed by atoms with van der Waals surface area (Å²) in [5.74, 6) is 0.756. The summed E-state index contributed by atoms with van der Waals surface area (Å²) in [6.07, 6.45) is 1.92. The third-order valence-electron chi connectivity index (χ3n) is 5.50. The standard InChI is InChI=1S/C23H27N3O3/c1-25-12-13-26(21(15-25)17-6-3-2-4-7-17)22(27)16-29-20-9-5-8-19(14-20)24-23(28)18-10-11-18/h2-9,14,18,21H,10-13,15-16H2,1H3,(H,24,28). The Morgan fingerprint density at radius 2 is 1.86 bits per heavy atom. The van der Waals surface area contributed by atoms with Crippen molar-refractivity contribution < 1.29 is 14.3 Å². The fraction of sp³-hybridized carbons (Fsp3) is 0.391. The topological polar surface area (TPSA) is 61.9 Å². The molecule has 1 saturated heterocycles. The molecule has 2 fully saturated rings. The van der Waals surface area contributed by atoms with Crippen molar-refractivity contribution in [3.63, 3.8) is 0 Å². The molecule has 1 atom stereocenters. The van der Waals surface area contributed by atoms with E-state index in [1.807, 2.05) is 35.2 Å². The largest absolute Gasteiger partial charge is 0.484 e. The van der Waals surface area contributed by atoms with Crippen LogP contribution in [0.4, 0.5) is 5.69 Å². The molecule has 1 unspecified atom stereocenters. The zero-order valence-electron chi connectivity index (χ0n) is 16.7. The third-order valence-corrected chi connectivity index (χ3v) is 5.50. The first-order valence-electron chi connectivity index (χ1n) is 10.2. The van der Waals surface area contributed by atoms with E-state index in [0.717, 1.165) is 31.5 Å². The van der Waals surface area contributed by atoms with Gasteiger partial charge in [0.2, 0.25) is 5.91 Å². The minimum atomic E-state index is -0.0284. The maximum absolute atomic E-state index is 12.9. The highest BCUT2D eigenvalue weighted by atomic mass is 16.5. The number of nitrogens with one attached hydrogen (secondary N) is 1. The van der Waals surface area contributed by atoms with Crippen LogP contribution < -0.4 is 10.1 Å². The number of carbonyl (C=O) groups is 2. The predicted octanol–water partition coefficient (Wildman–Crippen LogP) is 2.93. The molecule has 152 valence electrons. The minimum Gasteiger partial charge on any atom is -0.484 e. The van der Waals surface area contributed by atoms with Crippen LogP contribution in [-0.2, 0) is 9.59 Å². The Bertz CT molecular complexity index is 867. The Balaban J connectivity index is 1.38. The van der Waals surface area contributed by atoms with E-state index in [9.17, 15) is 9.59 Å². The van der Waals surface area contributed by atoms with E-state index >= 15 is 0 Å². The number of hydrogen-bond donors (Lipinski definition) is 1. The molecule has 6 heteroatoms. The summed E-state index contributed by atoms with van der Waals surface area (Å²) in [6, 6.07) is 17.4. The van der Waals surface area contributed by atoms with E-state index in [4.69, 9.17) is 4.74 Å². The molecule has 1 N–H and O–H groups in total. The van der Waals surface area contributed by atoms with Gasteiger partial charge in [0.25, 0.3) is 5.91 Å². The Hall–Kier alpha value is -2.86. The first-order valence-corrected chi connectivity index (χ1v) is 10.2. The summed E-state index contributed by atoms with van der Waals surface area (Å²) >= 11 is 0. The molecule has 1 saturated carbocycles. The number of piperazine rings is 1. The summed E-state index contributed by atoms with van der Waals surface area (Å²) < 4.78 is 5.77. The van der Waals surface area contributed by atoms with Crippen LogP contribution in [0.2, 0.25) is 0 Å². The van der Waals surface area contributed by atoms with E-state index < -0.39 is 0 Å². The van der Waals surface area contributed by atoms with Gasteiger partial charge in [0.1, 0.15) is 5.75 Å². The smallest absolute Gasteiger partial charge is 0.261 e. The average Bonchev–Trinajstić information content (AvgIpc) is 3.58. The Labute approximate surface area is 171 Å². The summed E-state index contributed by atoms with van der Waals surface area (Å²) in [7, 11) is 2.08. The predicted molar refractivity (Wildman–Crippen MR) is 112 cm³/mol. The molecular weight excluding hydrogens is 366 g/mol. The van der Waals surface area contributed by atoms with E-state index in [-0.39, 0.29) is 30.4 Å². The van der Waals surface area contributed by atoms with Gasteiger partial charge >= 0.3 is 0 Å². The molecule has 1 heterocycles. The SMILES string of the molecule is CN1CCN(C(=O)COc2cccc(NC(=O)C3CC3)c2)C(c2ccccc2)C1. The van der Waals surface area contributed by atoms with Crippen LogP contribution in [0, 0.1) is 5.92 Å². The lowest BCUT2D eigenvalue weighted by molar-refractivity contribution is -0.138. The second-order valence-electron chi connectivity index (χ2n) is 7.86. The van der Waals surface area contributed by atoms with Gasteiger partial charge < -0.3 is 19.9 Å². The molecule has 4 rings (SSSR count). The molecule has 1 aliphatic carbocycles. The van der Waals surface area contributed by atoms with Gasteiger partial charge in [0.15, 0.2) is 6.61 Å². The molecular formula is C23H27N3O3. The van der Waals surface area contributed by atoms with Crippen LogP contribution in [0.25, 0.3) is 0 Å². The van der Waals surface area contributed by atoms with Crippen molar-refractivity contribution in [1.29, 1.82) is 0 Å². The number of carbonyl (C=O) groups excluding carboxylic acids is 2. The van der Waals surface area contributed by atoms with Gasteiger partial charge in [-0.3, -0.25) is 9.59 Å². The number of anilines is 1. The van der Waals surface area contributed by atoms with Crippen molar-refractivity contribution in [3.8, 4) is 5.75 Å². The number of nitrogens with zero attached hydrogens (tertiary/aromatic N) is 2. The molecule has 29 heavy (non-hydrogen) atoms. The maximum Gasteiger partial charge on any atom is 0.261 e.